The molecule has 1 aromatic carbocycles. The van der Waals surface area contributed by atoms with E-state index in [1.165, 1.54) is 0 Å². The number of nitrogens with one attached hydrogen (secondary N) is 2. The Morgan fingerprint density at radius 3 is 2.95 bits per heavy atom. The molecule has 0 aliphatic carbocycles. The highest BCUT2D eigenvalue weighted by atomic mass is 16.2. The summed E-state index contributed by atoms with van der Waals surface area (Å²) in [5.41, 5.74) is 1.46. The molecule has 2 N–H and O–H groups in total. The van der Waals surface area contributed by atoms with Crippen molar-refractivity contribution in [1.82, 2.24) is 15.2 Å². The normalized spacial score (nSPS) is 19.5. The van der Waals surface area contributed by atoms with Crippen LogP contribution in [-0.2, 0) is 4.79 Å². The smallest absolute Gasteiger partial charge is 0.271 e. The van der Waals surface area contributed by atoms with Crippen LogP contribution in [0.5, 0.6) is 0 Å². The largest absolute Gasteiger partial charge is 0.353 e. The van der Waals surface area contributed by atoms with Crippen molar-refractivity contribution in [3.63, 3.8) is 0 Å². The molecule has 98 valence electrons. The molecule has 2 heterocycles. The Labute approximate surface area is 110 Å². The van der Waals surface area contributed by atoms with Crippen LogP contribution in [0.4, 0.5) is 0 Å². The number of hydrogen-bond donors (Lipinski definition) is 2. The van der Waals surface area contributed by atoms with Crippen molar-refractivity contribution in [2.75, 3.05) is 13.1 Å². The predicted molar refractivity (Wildman–Crippen MR) is 71.8 cm³/mol. The molecule has 0 saturated carbocycles. The lowest BCUT2D eigenvalue weighted by atomic mass is 10.2. The van der Waals surface area contributed by atoms with Gasteiger partial charge in [-0.25, -0.2) is 0 Å². The van der Waals surface area contributed by atoms with Crippen LogP contribution < -0.4 is 5.32 Å². The number of nitrogens with zero attached hydrogens (tertiary/aromatic N) is 1. The van der Waals surface area contributed by atoms with Crippen LogP contribution in [-0.4, -0.2) is 40.8 Å². The van der Waals surface area contributed by atoms with Crippen LogP contribution in [0.3, 0.4) is 0 Å². The Balaban J connectivity index is 1.92. The summed E-state index contributed by atoms with van der Waals surface area (Å²) in [5.74, 6) is -0.228. The minimum Gasteiger partial charge on any atom is -0.353 e. The van der Waals surface area contributed by atoms with Crippen molar-refractivity contribution in [2.24, 2.45) is 0 Å². The summed E-state index contributed by atoms with van der Waals surface area (Å²) >= 11 is 0. The third kappa shape index (κ3) is 1.97. The third-order valence-corrected chi connectivity index (χ3v) is 3.52. The molecule has 1 aromatic heterocycles. The highest BCUT2D eigenvalue weighted by molar-refractivity contribution is 6.00. The van der Waals surface area contributed by atoms with Gasteiger partial charge in [0.2, 0.25) is 5.91 Å². The lowest BCUT2D eigenvalue weighted by Gasteiger charge is -2.32. The minimum atomic E-state index is -0.423. The maximum absolute atomic E-state index is 12.4. The quantitative estimate of drug-likeness (QED) is 0.804. The number of rotatable bonds is 1. The Hall–Kier alpha value is -2.30. The molecule has 0 spiro atoms. The molecule has 1 fully saturated rings. The van der Waals surface area contributed by atoms with Crippen LogP contribution in [0.1, 0.15) is 17.4 Å². The monoisotopic (exact) mass is 257 g/mol. The first-order chi connectivity index (χ1) is 9.16. The lowest BCUT2D eigenvalue weighted by Crippen LogP contribution is -2.55. The van der Waals surface area contributed by atoms with Crippen molar-refractivity contribution in [2.45, 2.75) is 13.0 Å². The van der Waals surface area contributed by atoms with E-state index in [0.717, 1.165) is 10.9 Å². The molecule has 0 bridgehead atoms. The summed E-state index contributed by atoms with van der Waals surface area (Å²) in [4.78, 5) is 28.7. The second kappa shape index (κ2) is 4.42. The predicted octanol–water partition coefficient (Wildman–Crippen LogP) is 1.13. The molecule has 0 radical (unpaired) electrons. The van der Waals surface area contributed by atoms with Gasteiger partial charge in [-0.1, -0.05) is 18.2 Å². The van der Waals surface area contributed by atoms with E-state index in [9.17, 15) is 9.59 Å². The zero-order valence-electron chi connectivity index (χ0n) is 10.6. The fourth-order valence-electron chi connectivity index (χ4n) is 2.40. The number of amides is 2. The highest BCUT2D eigenvalue weighted by Gasteiger charge is 2.30. The number of H-pyrrole nitrogens is 1. The Morgan fingerprint density at radius 1 is 1.37 bits per heavy atom. The van der Waals surface area contributed by atoms with Gasteiger partial charge >= 0.3 is 0 Å². The maximum atomic E-state index is 12.4. The third-order valence-electron chi connectivity index (χ3n) is 3.52. The van der Waals surface area contributed by atoms with Crippen molar-refractivity contribution in [1.29, 1.82) is 0 Å². The Bertz CT molecular complexity index is 614. The summed E-state index contributed by atoms with van der Waals surface area (Å²) in [7, 11) is 0. The van der Waals surface area contributed by atoms with E-state index in [2.05, 4.69) is 10.3 Å². The average Bonchev–Trinajstić information content (AvgIpc) is 2.85. The molecule has 1 atom stereocenters. The number of hydrogen-bond acceptors (Lipinski definition) is 2. The van der Waals surface area contributed by atoms with Gasteiger partial charge in [0.1, 0.15) is 11.7 Å². The molecule has 5 nitrogen and oxygen atoms in total. The number of aromatic nitrogens is 1. The standard InChI is InChI=1S/C14H15N3O2/c1-9-13(18)15-6-7-17(9)14(19)12-8-10-4-2-3-5-11(10)16-12/h2-5,8-9,16H,6-7H2,1H3,(H,15,18). The Morgan fingerprint density at radius 2 is 2.16 bits per heavy atom. The molecule has 2 amide bonds. The summed E-state index contributed by atoms with van der Waals surface area (Å²) < 4.78 is 0. The van der Waals surface area contributed by atoms with E-state index in [0.29, 0.717) is 18.8 Å². The van der Waals surface area contributed by atoms with E-state index in [1.54, 1.807) is 11.8 Å². The second-order valence-corrected chi connectivity index (χ2v) is 4.74. The van der Waals surface area contributed by atoms with Gasteiger partial charge in [-0.2, -0.15) is 0 Å². The number of carbonyl (C=O) groups is 2. The average molecular weight is 257 g/mol. The molecule has 1 unspecified atom stereocenters. The van der Waals surface area contributed by atoms with Gasteiger partial charge in [0.15, 0.2) is 0 Å². The van der Waals surface area contributed by atoms with Gasteiger partial charge in [0.25, 0.3) is 5.91 Å². The van der Waals surface area contributed by atoms with E-state index in [-0.39, 0.29) is 11.8 Å². The van der Waals surface area contributed by atoms with Crippen LogP contribution >= 0.6 is 0 Å². The van der Waals surface area contributed by atoms with E-state index >= 15 is 0 Å². The van der Waals surface area contributed by atoms with Gasteiger partial charge in [0, 0.05) is 24.0 Å². The van der Waals surface area contributed by atoms with Crippen molar-refractivity contribution in [3.05, 3.63) is 36.0 Å². The SMILES string of the molecule is CC1C(=O)NCCN1C(=O)c1cc2ccccc2[nH]1. The van der Waals surface area contributed by atoms with Crippen molar-refractivity contribution < 1.29 is 9.59 Å². The molecular weight excluding hydrogens is 242 g/mol. The summed E-state index contributed by atoms with van der Waals surface area (Å²) in [5, 5.41) is 3.75. The number of piperazine rings is 1. The topological polar surface area (TPSA) is 65.2 Å². The molecule has 19 heavy (non-hydrogen) atoms. The fourth-order valence-corrected chi connectivity index (χ4v) is 2.40. The van der Waals surface area contributed by atoms with Gasteiger partial charge in [0.05, 0.1) is 0 Å². The van der Waals surface area contributed by atoms with Gasteiger partial charge in [-0.05, 0) is 19.1 Å². The molecule has 5 heteroatoms. The number of aromatic amines is 1. The molecule has 1 saturated heterocycles. The van der Waals surface area contributed by atoms with Gasteiger partial charge < -0.3 is 15.2 Å². The molecule has 2 aromatic rings. The molecular formula is C14H15N3O2. The van der Waals surface area contributed by atoms with Gasteiger partial charge in [-0.15, -0.1) is 0 Å². The Kier molecular flexibility index (Phi) is 2.74. The summed E-state index contributed by atoms with van der Waals surface area (Å²) in [6.45, 7) is 2.80. The minimum absolute atomic E-state index is 0.101. The molecule has 1 aliphatic heterocycles. The first-order valence-corrected chi connectivity index (χ1v) is 6.33. The van der Waals surface area contributed by atoms with E-state index in [4.69, 9.17) is 0 Å². The van der Waals surface area contributed by atoms with Gasteiger partial charge in [-0.3, -0.25) is 9.59 Å². The number of para-hydroxylation sites is 1. The number of benzene rings is 1. The highest BCUT2D eigenvalue weighted by Crippen LogP contribution is 2.17. The van der Waals surface area contributed by atoms with Crippen LogP contribution in [0.15, 0.2) is 30.3 Å². The number of fused-ring (bicyclic) bond motifs is 1. The zero-order chi connectivity index (χ0) is 13.4. The second-order valence-electron chi connectivity index (χ2n) is 4.74. The van der Waals surface area contributed by atoms with Crippen LogP contribution in [0, 0.1) is 0 Å². The fraction of sp³-hybridized carbons (Fsp3) is 0.286. The summed E-state index contributed by atoms with van der Waals surface area (Å²) in [6, 6.07) is 9.14. The molecule has 1 aliphatic rings. The van der Waals surface area contributed by atoms with Crippen molar-refractivity contribution >= 4 is 22.7 Å². The van der Waals surface area contributed by atoms with Crippen LogP contribution in [0.2, 0.25) is 0 Å². The van der Waals surface area contributed by atoms with Crippen LogP contribution in [0.25, 0.3) is 10.9 Å². The first kappa shape index (κ1) is 11.8. The number of carbonyl (C=O) groups excluding carboxylic acids is 2. The molecule has 3 rings (SSSR count). The first-order valence-electron chi connectivity index (χ1n) is 6.33. The van der Waals surface area contributed by atoms with E-state index in [1.807, 2.05) is 30.3 Å². The summed E-state index contributed by atoms with van der Waals surface area (Å²) in [6.07, 6.45) is 0. The lowest BCUT2D eigenvalue weighted by molar-refractivity contribution is -0.127. The maximum Gasteiger partial charge on any atom is 0.271 e. The zero-order valence-corrected chi connectivity index (χ0v) is 10.6. The van der Waals surface area contributed by atoms with Crippen molar-refractivity contribution in [3.8, 4) is 0 Å². The van der Waals surface area contributed by atoms with E-state index < -0.39 is 6.04 Å².